The van der Waals surface area contributed by atoms with Gasteiger partial charge in [-0.25, -0.2) is 9.97 Å². The quantitative estimate of drug-likeness (QED) is 0.709. The Labute approximate surface area is 143 Å². The van der Waals surface area contributed by atoms with Crippen LogP contribution in [0.5, 0.6) is 0 Å². The molecule has 124 valence electrons. The lowest BCUT2D eigenvalue weighted by atomic mass is 10.2. The summed E-state index contributed by atoms with van der Waals surface area (Å²) >= 11 is 1.62. The third-order valence-corrected chi connectivity index (χ3v) is 5.39. The smallest absolute Gasteiger partial charge is 0.257 e. The van der Waals surface area contributed by atoms with Gasteiger partial charge in [0.05, 0.1) is 17.1 Å². The number of amides is 1. The second kappa shape index (κ2) is 5.86. The fraction of sp³-hybridized carbons (Fsp3) is 0.375. The summed E-state index contributed by atoms with van der Waals surface area (Å²) in [6, 6.07) is 2.06. The van der Waals surface area contributed by atoms with E-state index in [2.05, 4.69) is 26.0 Å². The van der Waals surface area contributed by atoms with E-state index in [1.165, 1.54) is 0 Å². The first kappa shape index (κ1) is 15.1. The normalized spacial score (nSPS) is 15.2. The lowest BCUT2D eigenvalue weighted by Crippen LogP contribution is -2.49. The number of aromatic nitrogens is 4. The molecule has 0 unspecified atom stereocenters. The van der Waals surface area contributed by atoms with Crippen LogP contribution in [0.4, 0.5) is 5.82 Å². The Hall–Kier alpha value is -2.48. The third kappa shape index (κ3) is 2.43. The minimum absolute atomic E-state index is 0.0589. The van der Waals surface area contributed by atoms with E-state index in [0.717, 1.165) is 34.8 Å². The third-order valence-electron chi connectivity index (χ3n) is 4.57. The molecule has 4 rings (SSSR count). The summed E-state index contributed by atoms with van der Waals surface area (Å²) in [7, 11) is 1.85. The van der Waals surface area contributed by atoms with Crippen LogP contribution in [0, 0.1) is 6.92 Å². The summed E-state index contributed by atoms with van der Waals surface area (Å²) in [6.07, 6.45) is 3.27. The summed E-state index contributed by atoms with van der Waals surface area (Å²) in [5, 5.41) is 7.29. The molecule has 0 spiro atoms. The topological polar surface area (TPSA) is 67.2 Å². The number of nitrogens with zero attached hydrogens (tertiary/aromatic N) is 6. The lowest BCUT2D eigenvalue weighted by molar-refractivity contribution is 0.0745. The van der Waals surface area contributed by atoms with Gasteiger partial charge in [-0.15, -0.1) is 11.3 Å². The molecule has 0 atom stereocenters. The fourth-order valence-corrected chi connectivity index (χ4v) is 3.76. The molecule has 1 saturated heterocycles. The van der Waals surface area contributed by atoms with Gasteiger partial charge in [-0.3, -0.25) is 9.48 Å². The van der Waals surface area contributed by atoms with Crippen molar-refractivity contribution in [2.24, 2.45) is 7.05 Å². The van der Waals surface area contributed by atoms with E-state index in [1.54, 1.807) is 28.5 Å². The molecule has 3 aromatic rings. The van der Waals surface area contributed by atoms with Crippen LogP contribution in [-0.2, 0) is 7.05 Å². The minimum Gasteiger partial charge on any atom is -0.352 e. The number of carbonyl (C=O) groups excluding carboxylic acids is 1. The highest BCUT2D eigenvalue weighted by Gasteiger charge is 2.25. The lowest BCUT2D eigenvalue weighted by Gasteiger charge is -2.35. The molecule has 8 heteroatoms. The van der Waals surface area contributed by atoms with Gasteiger partial charge in [0.2, 0.25) is 0 Å². The summed E-state index contributed by atoms with van der Waals surface area (Å²) < 4.78 is 1.73. The van der Waals surface area contributed by atoms with Crippen LogP contribution in [0.15, 0.2) is 24.0 Å². The van der Waals surface area contributed by atoms with Crippen molar-refractivity contribution in [3.05, 3.63) is 35.2 Å². The van der Waals surface area contributed by atoms with Crippen LogP contribution < -0.4 is 4.90 Å². The van der Waals surface area contributed by atoms with E-state index in [4.69, 9.17) is 0 Å². The number of hydrogen-bond donors (Lipinski definition) is 0. The van der Waals surface area contributed by atoms with Crippen molar-refractivity contribution in [2.75, 3.05) is 31.1 Å². The van der Waals surface area contributed by atoms with E-state index in [9.17, 15) is 4.79 Å². The summed E-state index contributed by atoms with van der Waals surface area (Å²) in [4.78, 5) is 26.6. The zero-order valence-corrected chi connectivity index (χ0v) is 14.5. The number of piperazine rings is 1. The highest BCUT2D eigenvalue weighted by atomic mass is 32.1. The zero-order valence-electron chi connectivity index (χ0n) is 13.6. The first-order valence-corrected chi connectivity index (χ1v) is 8.74. The minimum atomic E-state index is 0.0589. The van der Waals surface area contributed by atoms with Crippen molar-refractivity contribution in [1.29, 1.82) is 0 Å². The highest BCUT2D eigenvalue weighted by molar-refractivity contribution is 7.16. The molecule has 0 radical (unpaired) electrons. The standard InChI is InChI=1S/C16H18N6OS/c1-11-13(9-19-20(11)2)16(23)22-6-4-21(5-7-22)14-12-3-8-24-15(12)18-10-17-14/h3,8-10H,4-7H2,1-2H3. The molecule has 1 amide bonds. The average Bonchev–Trinajstić information content (AvgIpc) is 3.22. The predicted molar refractivity (Wildman–Crippen MR) is 93.5 cm³/mol. The van der Waals surface area contributed by atoms with Crippen molar-refractivity contribution in [3.63, 3.8) is 0 Å². The maximum Gasteiger partial charge on any atom is 0.257 e. The number of hydrogen-bond acceptors (Lipinski definition) is 6. The maximum atomic E-state index is 12.7. The van der Waals surface area contributed by atoms with Gasteiger partial charge in [-0.05, 0) is 18.4 Å². The number of carbonyl (C=O) groups is 1. The van der Waals surface area contributed by atoms with Crippen molar-refractivity contribution < 1.29 is 4.79 Å². The molecule has 4 heterocycles. The van der Waals surface area contributed by atoms with E-state index >= 15 is 0 Å². The van der Waals surface area contributed by atoms with E-state index in [1.807, 2.05) is 24.3 Å². The van der Waals surface area contributed by atoms with Gasteiger partial charge >= 0.3 is 0 Å². The van der Waals surface area contributed by atoms with Gasteiger partial charge in [0.15, 0.2) is 0 Å². The number of thiophene rings is 1. The zero-order chi connectivity index (χ0) is 16.7. The molecule has 1 fully saturated rings. The molecular formula is C16H18N6OS. The van der Waals surface area contributed by atoms with Crippen molar-refractivity contribution >= 4 is 33.3 Å². The largest absolute Gasteiger partial charge is 0.352 e. The van der Waals surface area contributed by atoms with Gasteiger partial charge in [0.1, 0.15) is 17.0 Å². The molecule has 24 heavy (non-hydrogen) atoms. The van der Waals surface area contributed by atoms with Crippen LogP contribution in [0.2, 0.25) is 0 Å². The Morgan fingerprint density at radius 3 is 2.71 bits per heavy atom. The Balaban J connectivity index is 1.50. The van der Waals surface area contributed by atoms with E-state index < -0.39 is 0 Å². The Kier molecular flexibility index (Phi) is 3.68. The first-order valence-electron chi connectivity index (χ1n) is 7.86. The molecule has 0 bridgehead atoms. The number of fused-ring (bicyclic) bond motifs is 1. The van der Waals surface area contributed by atoms with Crippen molar-refractivity contribution in [1.82, 2.24) is 24.6 Å². The van der Waals surface area contributed by atoms with E-state index in [-0.39, 0.29) is 5.91 Å². The average molecular weight is 342 g/mol. The summed E-state index contributed by atoms with van der Waals surface area (Å²) in [5.41, 5.74) is 1.59. The van der Waals surface area contributed by atoms with Crippen LogP contribution in [0.1, 0.15) is 16.1 Å². The molecule has 0 N–H and O–H groups in total. The highest BCUT2D eigenvalue weighted by Crippen LogP contribution is 2.27. The fourth-order valence-electron chi connectivity index (χ4n) is 3.03. The van der Waals surface area contributed by atoms with Gasteiger partial charge < -0.3 is 9.80 Å². The Morgan fingerprint density at radius 2 is 2.00 bits per heavy atom. The molecule has 1 aliphatic heterocycles. The van der Waals surface area contributed by atoms with E-state index in [0.29, 0.717) is 18.7 Å². The molecule has 3 aromatic heterocycles. The van der Waals surface area contributed by atoms with Gasteiger partial charge in [-0.1, -0.05) is 0 Å². The number of anilines is 1. The Morgan fingerprint density at radius 1 is 1.21 bits per heavy atom. The first-order chi connectivity index (χ1) is 11.6. The van der Waals surface area contributed by atoms with Crippen LogP contribution in [-0.4, -0.2) is 56.7 Å². The van der Waals surface area contributed by atoms with Crippen molar-refractivity contribution in [3.8, 4) is 0 Å². The molecule has 7 nitrogen and oxygen atoms in total. The number of aryl methyl sites for hydroxylation is 1. The summed E-state index contributed by atoms with van der Waals surface area (Å²) in [5.74, 6) is 1.02. The van der Waals surface area contributed by atoms with Crippen LogP contribution in [0.25, 0.3) is 10.2 Å². The van der Waals surface area contributed by atoms with Crippen LogP contribution >= 0.6 is 11.3 Å². The molecule has 0 saturated carbocycles. The second-order valence-electron chi connectivity index (χ2n) is 5.88. The molecular weight excluding hydrogens is 324 g/mol. The SMILES string of the molecule is Cc1c(C(=O)N2CCN(c3ncnc4sccc34)CC2)cnn1C. The van der Waals surface area contributed by atoms with Crippen LogP contribution in [0.3, 0.4) is 0 Å². The molecule has 0 aliphatic carbocycles. The monoisotopic (exact) mass is 342 g/mol. The molecule has 0 aromatic carbocycles. The Bertz CT molecular complexity index is 893. The molecule has 1 aliphatic rings. The number of rotatable bonds is 2. The van der Waals surface area contributed by atoms with Gasteiger partial charge in [0, 0.05) is 38.9 Å². The van der Waals surface area contributed by atoms with Crippen molar-refractivity contribution in [2.45, 2.75) is 6.92 Å². The maximum absolute atomic E-state index is 12.7. The van der Waals surface area contributed by atoms with Gasteiger partial charge in [-0.2, -0.15) is 5.10 Å². The van der Waals surface area contributed by atoms with Gasteiger partial charge in [0.25, 0.3) is 5.91 Å². The predicted octanol–water partition coefficient (Wildman–Crippen LogP) is 1.70. The summed E-state index contributed by atoms with van der Waals surface area (Å²) in [6.45, 7) is 4.83. The second-order valence-corrected chi connectivity index (χ2v) is 6.78.